The smallest absolute Gasteiger partial charge is 0.212 e. The summed E-state index contributed by atoms with van der Waals surface area (Å²) in [6, 6.07) is 0. The number of aromatic nitrogens is 3. The van der Waals surface area contributed by atoms with Gasteiger partial charge in [-0.25, -0.2) is 18.1 Å². The summed E-state index contributed by atoms with van der Waals surface area (Å²) in [4.78, 5) is 14.9. The van der Waals surface area contributed by atoms with E-state index in [2.05, 4.69) is 10.1 Å². The quantitative estimate of drug-likeness (QED) is 0.794. The summed E-state index contributed by atoms with van der Waals surface area (Å²) < 4.78 is 23.8. The summed E-state index contributed by atoms with van der Waals surface area (Å²) in [6.45, 7) is 0. The molecule has 9 heteroatoms. The molecule has 0 aliphatic carbocycles. The van der Waals surface area contributed by atoms with E-state index in [1.165, 1.54) is 17.1 Å². The van der Waals surface area contributed by atoms with Gasteiger partial charge in [0.1, 0.15) is 9.77 Å². The van der Waals surface area contributed by atoms with Crippen molar-refractivity contribution < 1.29 is 13.2 Å². The second-order valence-corrected chi connectivity index (χ2v) is 6.54. The average Bonchev–Trinajstić information content (AvgIpc) is 2.82. The molecule has 0 fully saturated rings. The molecule has 0 unspecified atom stereocenters. The van der Waals surface area contributed by atoms with E-state index in [-0.39, 0.29) is 14.9 Å². The van der Waals surface area contributed by atoms with Gasteiger partial charge < -0.3 is 0 Å². The van der Waals surface area contributed by atoms with E-state index in [1.54, 1.807) is 0 Å². The minimum absolute atomic E-state index is 0.0800. The molecular formula is C8H6ClN3O3S2. The van der Waals surface area contributed by atoms with Crippen molar-refractivity contribution in [3.8, 4) is 5.13 Å². The maximum atomic E-state index is 11.3. The van der Waals surface area contributed by atoms with Crippen LogP contribution in [0.2, 0.25) is 5.15 Å². The van der Waals surface area contributed by atoms with E-state index >= 15 is 0 Å². The number of hydrogen-bond donors (Lipinski definition) is 0. The lowest BCUT2D eigenvalue weighted by Gasteiger charge is -1.92. The van der Waals surface area contributed by atoms with Crippen LogP contribution in [-0.4, -0.2) is 35.7 Å². The van der Waals surface area contributed by atoms with Crippen LogP contribution in [0.15, 0.2) is 17.3 Å². The molecule has 6 nitrogen and oxygen atoms in total. The highest BCUT2D eigenvalue weighted by atomic mass is 35.5. The van der Waals surface area contributed by atoms with E-state index in [0.717, 1.165) is 17.6 Å². The molecule has 0 aliphatic rings. The summed E-state index contributed by atoms with van der Waals surface area (Å²) in [6.07, 6.45) is 4.20. The first-order valence-corrected chi connectivity index (χ1v) is 7.37. The third-order valence-corrected chi connectivity index (χ3v) is 4.33. The Hall–Kier alpha value is -1.25. The van der Waals surface area contributed by atoms with Crippen molar-refractivity contribution in [2.24, 2.45) is 0 Å². The minimum Gasteiger partial charge on any atom is -0.297 e. The van der Waals surface area contributed by atoms with E-state index in [1.807, 2.05) is 0 Å². The summed E-state index contributed by atoms with van der Waals surface area (Å²) in [5.74, 6) is 0. The van der Waals surface area contributed by atoms with Gasteiger partial charge in [0.2, 0.25) is 5.13 Å². The predicted molar refractivity (Wildman–Crippen MR) is 62.7 cm³/mol. The van der Waals surface area contributed by atoms with Gasteiger partial charge in [0.05, 0.1) is 12.4 Å². The molecule has 0 amide bonds. The number of carbonyl (C=O) groups is 1. The third-order valence-electron chi connectivity index (χ3n) is 1.89. The van der Waals surface area contributed by atoms with Crippen molar-refractivity contribution in [2.75, 3.05) is 6.26 Å². The van der Waals surface area contributed by atoms with Gasteiger partial charge in [-0.05, 0) is 0 Å². The van der Waals surface area contributed by atoms with Crippen molar-refractivity contribution in [3.63, 3.8) is 0 Å². The fourth-order valence-electron chi connectivity index (χ4n) is 1.08. The fourth-order valence-corrected chi connectivity index (χ4v) is 2.60. The maximum Gasteiger partial charge on any atom is 0.212 e. The lowest BCUT2D eigenvalue weighted by atomic mass is 10.6. The summed E-state index contributed by atoms with van der Waals surface area (Å²) >= 11 is 6.73. The van der Waals surface area contributed by atoms with Gasteiger partial charge in [-0.1, -0.05) is 22.9 Å². The molecule has 2 aromatic rings. The molecule has 0 saturated carbocycles. The van der Waals surface area contributed by atoms with Crippen LogP contribution in [0.4, 0.5) is 0 Å². The zero-order valence-electron chi connectivity index (χ0n) is 8.49. The Morgan fingerprint density at radius 1 is 1.53 bits per heavy atom. The van der Waals surface area contributed by atoms with Crippen LogP contribution < -0.4 is 0 Å². The Kier molecular flexibility index (Phi) is 3.02. The first kappa shape index (κ1) is 12.2. The Labute approximate surface area is 106 Å². The van der Waals surface area contributed by atoms with Crippen molar-refractivity contribution in [1.29, 1.82) is 0 Å². The first-order valence-electron chi connectivity index (χ1n) is 4.28. The van der Waals surface area contributed by atoms with Gasteiger partial charge in [0, 0.05) is 6.26 Å². The lowest BCUT2D eigenvalue weighted by Crippen LogP contribution is -1.95. The van der Waals surface area contributed by atoms with E-state index in [0.29, 0.717) is 11.4 Å². The Bertz CT molecular complexity index is 674. The molecule has 17 heavy (non-hydrogen) atoms. The highest BCUT2D eigenvalue weighted by Crippen LogP contribution is 2.24. The molecule has 0 aliphatic heterocycles. The molecule has 0 N–H and O–H groups in total. The highest BCUT2D eigenvalue weighted by molar-refractivity contribution is 7.90. The zero-order chi connectivity index (χ0) is 12.6. The average molecular weight is 292 g/mol. The Morgan fingerprint density at radius 2 is 2.24 bits per heavy atom. The maximum absolute atomic E-state index is 11.3. The number of halogens is 1. The number of hydrogen-bond acceptors (Lipinski definition) is 6. The number of sulfone groups is 1. The molecule has 0 saturated heterocycles. The van der Waals surface area contributed by atoms with Crippen molar-refractivity contribution in [1.82, 2.24) is 14.8 Å². The highest BCUT2D eigenvalue weighted by Gasteiger charge is 2.14. The standard InChI is InChI=1S/C8H6ClN3O3S2/c1-17(14,15)5-2-10-12(3-5)8-11-7(9)6(4-13)16-8/h2-4H,1H3. The summed E-state index contributed by atoms with van der Waals surface area (Å²) in [7, 11) is -3.31. The molecule has 2 heterocycles. The van der Waals surface area contributed by atoms with E-state index < -0.39 is 9.84 Å². The number of carbonyl (C=O) groups excluding carboxylic acids is 1. The largest absolute Gasteiger partial charge is 0.297 e. The van der Waals surface area contributed by atoms with E-state index in [4.69, 9.17) is 11.6 Å². The van der Waals surface area contributed by atoms with Crippen molar-refractivity contribution >= 4 is 39.1 Å². The number of thiazole rings is 1. The Balaban J connectivity index is 2.47. The van der Waals surface area contributed by atoms with Gasteiger partial charge in [-0.3, -0.25) is 4.79 Å². The normalized spacial score (nSPS) is 11.6. The van der Waals surface area contributed by atoms with Gasteiger partial charge in [0.25, 0.3) is 0 Å². The number of nitrogens with zero attached hydrogens (tertiary/aromatic N) is 3. The summed E-state index contributed by atoms with van der Waals surface area (Å²) in [5, 5.41) is 4.27. The van der Waals surface area contributed by atoms with Crippen LogP contribution in [0.5, 0.6) is 0 Å². The minimum atomic E-state index is -3.31. The first-order chi connectivity index (χ1) is 7.91. The molecule has 2 rings (SSSR count). The van der Waals surface area contributed by atoms with Crippen LogP contribution >= 0.6 is 22.9 Å². The number of aldehydes is 1. The fraction of sp³-hybridized carbons (Fsp3) is 0.125. The van der Waals surface area contributed by atoms with Crippen molar-refractivity contribution in [2.45, 2.75) is 4.90 Å². The summed E-state index contributed by atoms with van der Waals surface area (Å²) in [5.41, 5.74) is 0. The molecule has 2 aromatic heterocycles. The van der Waals surface area contributed by atoms with E-state index in [9.17, 15) is 13.2 Å². The SMILES string of the molecule is CS(=O)(=O)c1cnn(-c2nc(Cl)c(C=O)s2)c1. The van der Waals surface area contributed by atoms with Crippen LogP contribution in [0, 0.1) is 0 Å². The van der Waals surface area contributed by atoms with Crippen LogP contribution in [-0.2, 0) is 9.84 Å². The van der Waals surface area contributed by atoms with Crippen LogP contribution in [0.3, 0.4) is 0 Å². The zero-order valence-corrected chi connectivity index (χ0v) is 10.9. The molecule has 90 valence electrons. The molecule has 0 atom stereocenters. The van der Waals surface area contributed by atoms with Gasteiger partial charge in [-0.2, -0.15) is 5.10 Å². The van der Waals surface area contributed by atoms with Crippen molar-refractivity contribution in [3.05, 3.63) is 22.4 Å². The monoisotopic (exact) mass is 291 g/mol. The van der Waals surface area contributed by atoms with Gasteiger partial charge in [-0.15, -0.1) is 0 Å². The second kappa shape index (κ2) is 4.21. The van der Waals surface area contributed by atoms with Gasteiger partial charge >= 0.3 is 0 Å². The van der Waals surface area contributed by atoms with Crippen LogP contribution in [0.25, 0.3) is 5.13 Å². The predicted octanol–water partition coefficient (Wildman–Crippen LogP) is 1.20. The molecular weight excluding hydrogens is 286 g/mol. The lowest BCUT2D eigenvalue weighted by molar-refractivity contribution is 0.112. The van der Waals surface area contributed by atoms with Gasteiger partial charge in [0.15, 0.2) is 21.3 Å². The third kappa shape index (κ3) is 2.38. The molecule has 0 bridgehead atoms. The Morgan fingerprint density at radius 3 is 2.71 bits per heavy atom. The second-order valence-electron chi connectivity index (χ2n) is 3.16. The molecule has 0 aromatic carbocycles. The van der Waals surface area contributed by atoms with Crippen LogP contribution in [0.1, 0.15) is 9.67 Å². The number of rotatable bonds is 3. The molecule has 0 spiro atoms. The molecule has 0 radical (unpaired) electrons. The topological polar surface area (TPSA) is 81.9 Å².